The molecule has 2 aliphatic rings. The number of hydrogen-bond donors (Lipinski definition) is 1. The van der Waals surface area contributed by atoms with Crippen LogP contribution in [0.5, 0.6) is 0 Å². The molecule has 2 heterocycles. The summed E-state index contributed by atoms with van der Waals surface area (Å²) in [6, 6.07) is 0. The van der Waals surface area contributed by atoms with E-state index in [1.807, 2.05) is 0 Å². The van der Waals surface area contributed by atoms with Crippen molar-refractivity contribution in [2.24, 2.45) is 0 Å². The summed E-state index contributed by atoms with van der Waals surface area (Å²) < 4.78 is 10.3. The minimum Gasteiger partial charge on any atom is -0.387 e. The van der Waals surface area contributed by atoms with E-state index in [2.05, 4.69) is 10.1 Å². The fourth-order valence-electron chi connectivity index (χ4n) is 1.86. The Bertz CT molecular complexity index is 353. The van der Waals surface area contributed by atoms with E-state index in [9.17, 15) is 5.11 Å². The standard InChI is InChI=1S/C10H14N2O3/c13-10(3-4-14-6-10)5-8-11-9(12-15-8)7-1-2-7/h7,13H,1-6H2/t10-/m1/s1. The third-order valence-corrected chi connectivity index (χ3v) is 2.99. The van der Waals surface area contributed by atoms with Gasteiger partial charge in [-0.1, -0.05) is 5.16 Å². The molecule has 15 heavy (non-hydrogen) atoms. The first kappa shape index (κ1) is 9.30. The first-order valence-electron chi connectivity index (χ1n) is 5.38. The zero-order chi connectivity index (χ0) is 10.3. The van der Waals surface area contributed by atoms with Crippen LogP contribution >= 0.6 is 0 Å². The van der Waals surface area contributed by atoms with E-state index in [-0.39, 0.29) is 0 Å². The molecule has 0 bridgehead atoms. The lowest BCUT2D eigenvalue weighted by molar-refractivity contribution is 0.0207. The number of nitrogens with zero attached hydrogens (tertiary/aromatic N) is 2. The molecule has 82 valence electrons. The molecule has 1 saturated heterocycles. The van der Waals surface area contributed by atoms with Gasteiger partial charge >= 0.3 is 0 Å². The Morgan fingerprint density at radius 2 is 2.33 bits per heavy atom. The third kappa shape index (κ3) is 1.89. The van der Waals surface area contributed by atoms with Gasteiger partial charge in [-0.05, 0) is 12.8 Å². The van der Waals surface area contributed by atoms with Gasteiger partial charge in [-0.2, -0.15) is 4.98 Å². The Labute approximate surface area is 87.4 Å². The highest BCUT2D eigenvalue weighted by Gasteiger charge is 2.35. The molecular weight excluding hydrogens is 196 g/mol. The van der Waals surface area contributed by atoms with Crippen molar-refractivity contribution in [3.05, 3.63) is 11.7 Å². The van der Waals surface area contributed by atoms with Crippen LogP contribution in [-0.4, -0.2) is 34.1 Å². The van der Waals surface area contributed by atoms with E-state index in [4.69, 9.17) is 9.26 Å². The fraction of sp³-hybridized carbons (Fsp3) is 0.800. The lowest BCUT2D eigenvalue weighted by atomic mass is 9.99. The topological polar surface area (TPSA) is 68.4 Å². The van der Waals surface area contributed by atoms with Crippen LogP contribution in [0.15, 0.2) is 4.52 Å². The minimum atomic E-state index is -0.798. The summed E-state index contributed by atoms with van der Waals surface area (Å²) in [6.45, 7) is 0.980. The molecule has 0 radical (unpaired) electrons. The summed E-state index contributed by atoms with van der Waals surface area (Å²) in [7, 11) is 0. The van der Waals surface area contributed by atoms with Crippen LogP contribution in [0.3, 0.4) is 0 Å². The molecule has 2 fully saturated rings. The van der Waals surface area contributed by atoms with Crippen LogP contribution in [0.1, 0.15) is 36.9 Å². The molecule has 0 unspecified atom stereocenters. The lowest BCUT2D eigenvalue weighted by Crippen LogP contribution is -2.31. The van der Waals surface area contributed by atoms with E-state index in [0.717, 1.165) is 18.7 Å². The van der Waals surface area contributed by atoms with E-state index >= 15 is 0 Å². The molecule has 1 aliphatic carbocycles. The van der Waals surface area contributed by atoms with Crippen LogP contribution in [0.2, 0.25) is 0 Å². The maximum absolute atomic E-state index is 10.1. The summed E-state index contributed by atoms with van der Waals surface area (Å²) in [5.41, 5.74) is -0.798. The molecule has 1 aromatic rings. The van der Waals surface area contributed by atoms with Gasteiger partial charge in [0.1, 0.15) is 0 Å². The highest BCUT2D eigenvalue weighted by Crippen LogP contribution is 2.38. The van der Waals surface area contributed by atoms with E-state index in [0.29, 0.717) is 37.9 Å². The monoisotopic (exact) mass is 210 g/mol. The predicted octanol–water partition coefficient (Wildman–Crippen LogP) is 0.641. The largest absolute Gasteiger partial charge is 0.387 e. The van der Waals surface area contributed by atoms with Gasteiger partial charge in [-0.25, -0.2) is 0 Å². The van der Waals surface area contributed by atoms with Crippen molar-refractivity contribution in [3.63, 3.8) is 0 Å². The summed E-state index contributed by atoms with van der Waals surface area (Å²) in [5.74, 6) is 1.83. The highest BCUT2D eigenvalue weighted by atomic mass is 16.5. The Hall–Kier alpha value is -0.940. The van der Waals surface area contributed by atoms with Gasteiger partial charge in [-0.3, -0.25) is 0 Å². The quantitative estimate of drug-likeness (QED) is 0.793. The molecule has 5 nitrogen and oxygen atoms in total. The van der Waals surface area contributed by atoms with Gasteiger partial charge in [-0.15, -0.1) is 0 Å². The Morgan fingerprint density at radius 1 is 1.47 bits per heavy atom. The van der Waals surface area contributed by atoms with E-state index in [1.54, 1.807) is 0 Å². The van der Waals surface area contributed by atoms with Gasteiger partial charge < -0.3 is 14.4 Å². The Morgan fingerprint density at radius 3 is 3.00 bits per heavy atom. The van der Waals surface area contributed by atoms with Gasteiger partial charge in [0.15, 0.2) is 5.82 Å². The van der Waals surface area contributed by atoms with Crippen molar-refractivity contribution in [1.82, 2.24) is 10.1 Å². The van der Waals surface area contributed by atoms with Crippen LogP contribution in [0, 0.1) is 0 Å². The van der Waals surface area contributed by atoms with E-state index in [1.165, 1.54) is 0 Å². The normalized spacial score (nSPS) is 31.0. The molecule has 5 heteroatoms. The van der Waals surface area contributed by atoms with Crippen LogP contribution in [-0.2, 0) is 11.2 Å². The number of rotatable bonds is 3. The second-order valence-electron chi connectivity index (χ2n) is 4.52. The van der Waals surface area contributed by atoms with Crippen molar-refractivity contribution in [1.29, 1.82) is 0 Å². The number of ether oxygens (including phenoxy) is 1. The first-order valence-corrected chi connectivity index (χ1v) is 5.38. The maximum Gasteiger partial charge on any atom is 0.229 e. The van der Waals surface area contributed by atoms with E-state index < -0.39 is 5.60 Å². The summed E-state index contributed by atoms with van der Waals surface area (Å²) in [4.78, 5) is 4.29. The van der Waals surface area contributed by atoms with Crippen molar-refractivity contribution in [3.8, 4) is 0 Å². The van der Waals surface area contributed by atoms with Gasteiger partial charge in [0.05, 0.1) is 18.6 Å². The van der Waals surface area contributed by atoms with Gasteiger partial charge in [0, 0.05) is 18.9 Å². The molecule has 1 aliphatic heterocycles. The summed E-state index contributed by atoms with van der Waals surface area (Å²) >= 11 is 0. The molecule has 0 aromatic carbocycles. The molecule has 0 spiro atoms. The van der Waals surface area contributed by atoms with Crippen molar-refractivity contribution in [2.45, 2.75) is 37.2 Å². The molecule has 1 saturated carbocycles. The molecule has 1 aromatic heterocycles. The second-order valence-corrected chi connectivity index (χ2v) is 4.52. The maximum atomic E-state index is 10.1. The van der Waals surface area contributed by atoms with Crippen molar-refractivity contribution in [2.75, 3.05) is 13.2 Å². The zero-order valence-corrected chi connectivity index (χ0v) is 8.48. The smallest absolute Gasteiger partial charge is 0.229 e. The minimum absolute atomic E-state index is 0.369. The van der Waals surface area contributed by atoms with Gasteiger partial charge in [0.2, 0.25) is 5.89 Å². The summed E-state index contributed by atoms with van der Waals surface area (Å²) in [6.07, 6.45) is 3.37. The van der Waals surface area contributed by atoms with Crippen molar-refractivity contribution >= 4 is 0 Å². The Kier molecular flexibility index (Phi) is 2.03. The SMILES string of the molecule is O[C@@]1(Cc2nc(C3CC3)no2)CCOC1. The van der Waals surface area contributed by atoms with Crippen LogP contribution < -0.4 is 0 Å². The highest BCUT2D eigenvalue weighted by molar-refractivity contribution is 5.04. The zero-order valence-electron chi connectivity index (χ0n) is 8.48. The second kappa shape index (κ2) is 3.28. The van der Waals surface area contributed by atoms with Crippen LogP contribution in [0.4, 0.5) is 0 Å². The average molecular weight is 210 g/mol. The predicted molar refractivity (Wildman–Crippen MR) is 50.4 cm³/mol. The summed E-state index contributed by atoms with van der Waals surface area (Å²) in [5, 5.41) is 14.0. The molecular formula is C10H14N2O3. The lowest BCUT2D eigenvalue weighted by Gasteiger charge is -2.16. The third-order valence-electron chi connectivity index (χ3n) is 2.99. The number of aliphatic hydroxyl groups is 1. The first-order chi connectivity index (χ1) is 7.25. The average Bonchev–Trinajstić information content (AvgIpc) is 2.83. The number of aromatic nitrogens is 2. The molecule has 0 amide bonds. The molecule has 1 atom stereocenters. The number of hydrogen-bond acceptors (Lipinski definition) is 5. The van der Waals surface area contributed by atoms with Crippen LogP contribution in [0.25, 0.3) is 0 Å². The Balaban J connectivity index is 1.70. The van der Waals surface area contributed by atoms with Crippen molar-refractivity contribution < 1.29 is 14.4 Å². The molecule has 3 rings (SSSR count). The van der Waals surface area contributed by atoms with Gasteiger partial charge in [0.25, 0.3) is 0 Å². The fourth-order valence-corrected chi connectivity index (χ4v) is 1.86. The molecule has 1 N–H and O–H groups in total.